The van der Waals surface area contributed by atoms with Gasteiger partial charge in [0, 0.05) is 18.2 Å². The van der Waals surface area contributed by atoms with Crippen LogP contribution in [0.5, 0.6) is 0 Å². The normalized spacial score (nSPS) is 28.6. The molecule has 3 heterocycles. The number of carbonyl (C=O) groups is 3. The Hall–Kier alpha value is -2.70. The lowest BCUT2D eigenvalue weighted by atomic mass is 9.76. The van der Waals surface area contributed by atoms with Gasteiger partial charge in [0.25, 0.3) is 0 Å². The van der Waals surface area contributed by atoms with E-state index < -0.39 is 17.4 Å². The van der Waals surface area contributed by atoms with E-state index in [-0.39, 0.29) is 23.8 Å². The SMILES string of the molecule is CC(C)C[C@H]1N[C@@]2(C(=O)Nc3c(Cl)cccc32)[C@@H]2C(=O)N(CCc3ccccc3)C(=O)[C@@H]21. The predicted octanol–water partition coefficient (Wildman–Crippen LogP) is 3.35. The van der Waals surface area contributed by atoms with Crippen LogP contribution in [0.1, 0.15) is 31.4 Å². The van der Waals surface area contributed by atoms with Crippen molar-refractivity contribution < 1.29 is 14.4 Å². The van der Waals surface area contributed by atoms with E-state index >= 15 is 0 Å². The Bertz CT molecular complexity index is 1100. The second kappa shape index (κ2) is 7.71. The quantitative estimate of drug-likeness (QED) is 0.683. The highest BCUT2D eigenvalue weighted by Gasteiger charge is 2.70. The van der Waals surface area contributed by atoms with E-state index in [0.29, 0.717) is 41.6 Å². The highest BCUT2D eigenvalue weighted by Crippen LogP contribution is 2.54. The first-order valence-corrected chi connectivity index (χ1v) is 11.5. The van der Waals surface area contributed by atoms with Gasteiger partial charge in [-0.15, -0.1) is 0 Å². The molecule has 5 rings (SSSR count). The zero-order valence-corrected chi connectivity index (χ0v) is 18.9. The maximum Gasteiger partial charge on any atom is 0.250 e. The Morgan fingerprint density at radius 1 is 1.03 bits per heavy atom. The van der Waals surface area contributed by atoms with Crippen molar-refractivity contribution in [2.75, 3.05) is 11.9 Å². The number of fused-ring (bicyclic) bond motifs is 4. The summed E-state index contributed by atoms with van der Waals surface area (Å²) in [4.78, 5) is 42.0. The van der Waals surface area contributed by atoms with E-state index in [4.69, 9.17) is 11.6 Å². The maximum atomic E-state index is 13.7. The third-order valence-electron chi connectivity index (χ3n) is 6.98. The van der Waals surface area contributed by atoms with Crippen LogP contribution in [0.4, 0.5) is 5.69 Å². The molecule has 166 valence electrons. The van der Waals surface area contributed by atoms with E-state index in [0.717, 1.165) is 5.56 Å². The Balaban J connectivity index is 1.55. The van der Waals surface area contributed by atoms with Crippen LogP contribution in [0.15, 0.2) is 48.5 Å². The van der Waals surface area contributed by atoms with Crippen molar-refractivity contribution in [3.8, 4) is 0 Å². The van der Waals surface area contributed by atoms with E-state index in [1.807, 2.05) is 36.4 Å². The van der Waals surface area contributed by atoms with Crippen molar-refractivity contribution in [3.63, 3.8) is 0 Å². The number of halogens is 1. The number of nitrogens with one attached hydrogen (secondary N) is 2. The second-order valence-corrected chi connectivity index (χ2v) is 9.78. The van der Waals surface area contributed by atoms with Gasteiger partial charge in [0.1, 0.15) is 5.54 Å². The maximum absolute atomic E-state index is 13.7. The van der Waals surface area contributed by atoms with Crippen molar-refractivity contribution in [2.45, 2.75) is 38.3 Å². The Morgan fingerprint density at radius 3 is 2.50 bits per heavy atom. The van der Waals surface area contributed by atoms with Crippen LogP contribution >= 0.6 is 11.6 Å². The van der Waals surface area contributed by atoms with Gasteiger partial charge in [-0.1, -0.05) is 67.9 Å². The van der Waals surface area contributed by atoms with E-state index in [9.17, 15) is 14.4 Å². The molecule has 2 N–H and O–H groups in total. The molecule has 2 aromatic rings. The fourth-order valence-electron chi connectivity index (χ4n) is 5.67. The first-order valence-electron chi connectivity index (χ1n) is 11.1. The van der Waals surface area contributed by atoms with Crippen molar-refractivity contribution in [1.82, 2.24) is 10.2 Å². The number of para-hydroxylation sites is 1. The molecule has 0 bridgehead atoms. The Labute approximate surface area is 192 Å². The van der Waals surface area contributed by atoms with Gasteiger partial charge in [0.15, 0.2) is 0 Å². The zero-order chi connectivity index (χ0) is 22.6. The van der Waals surface area contributed by atoms with E-state index in [1.165, 1.54) is 4.90 Å². The molecule has 0 unspecified atom stereocenters. The summed E-state index contributed by atoms with van der Waals surface area (Å²) in [6, 6.07) is 14.8. The first kappa shape index (κ1) is 21.2. The molecule has 0 radical (unpaired) electrons. The van der Waals surface area contributed by atoms with Crippen LogP contribution in [0.3, 0.4) is 0 Å². The number of hydrogen-bond acceptors (Lipinski definition) is 4. The third-order valence-corrected chi connectivity index (χ3v) is 7.30. The number of amides is 3. The molecule has 3 aliphatic heterocycles. The lowest BCUT2D eigenvalue weighted by molar-refractivity contribution is -0.142. The first-order chi connectivity index (χ1) is 15.3. The average molecular weight is 452 g/mol. The van der Waals surface area contributed by atoms with Gasteiger partial charge in [0.05, 0.1) is 22.5 Å². The van der Waals surface area contributed by atoms with Crippen molar-refractivity contribution in [1.29, 1.82) is 0 Å². The highest BCUT2D eigenvalue weighted by atomic mass is 35.5. The molecule has 2 fully saturated rings. The molecule has 3 aliphatic rings. The third kappa shape index (κ3) is 3.00. The van der Waals surface area contributed by atoms with Crippen LogP contribution < -0.4 is 10.6 Å². The predicted molar refractivity (Wildman–Crippen MR) is 122 cm³/mol. The van der Waals surface area contributed by atoms with Gasteiger partial charge in [-0.25, -0.2) is 0 Å². The van der Waals surface area contributed by atoms with Crippen molar-refractivity contribution in [2.24, 2.45) is 17.8 Å². The molecule has 3 amide bonds. The van der Waals surface area contributed by atoms with Crippen LogP contribution in [-0.4, -0.2) is 35.2 Å². The number of nitrogens with zero attached hydrogens (tertiary/aromatic N) is 1. The molecule has 0 saturated carbocycles. The molecule has 1 spiro atoms. The van der Waals surface area contributed by atoms with Gasteiger partial charge in [-0.3, -0.25) is 24.6 Å². The molecule has 0 aromatic heterocycles. The van der Waals surface area contributed by atoms with Gasteiger partial charge < -0.3 is 5.32 Å². The van der Waals surface area contributed by atoms with E-state index in [1.54, 1.807) is 12.1 Å². The molecule has 2 saturated heterocycles. The summed E-state index contributed by atoms with van der Waals surface area (Å²) < 4.78 is 0. The van der Waals surface area contributed by atoms with Gasteiger partial charge in [0.2, 0.25) is 17.7 Å². The molecule has 2 aromatic carbocycles. The minimum absolute atomic E-state index is 0.186. The lowest BCUT2D eigenvalue weighted by Gasteiger charge is -2.30. The molecular formula is C25H26ClN3O3. The molecule has 0 aliphatic carbocycles. The summed E-state index contributed by atoms with van der Waals surface area (Å²) >= 11 is 6.37. The van der Waals surface area contributed by atoms with Crippen LogP contribution in [0.25, 0.3) is 0 Å². The van der Waals surface area contributed by atoms with Crippen LogP contribution in [0.2, 0.25) is 5.02 Å². The fraction of sp³-hybridized carbons (Fsp3) is 0.400. The summed E-state index contributed by atoms with van der Waals surface area (Å²) in [5.74, 6) is -1.83. The Kier molecular flexibility index (Phi) is 5.10. The molecule has 6 nitrogen and oxygen atoms in total. The van der Waals surface area contributed by atoms with Gasteiger partial charge >= 0.3 is 0 Å². The zero-order valence-electron chi connectivity index (χ0n) is 18.1. The summed E-state index contributed by atoms with van der Waals surface area (Å²) in [6.07, 6.45) is 1.28. The fourth-order valence-corrected chi connectivity index (χ4v) is 5.89. The monoisotopic (exact) mass is 451 g/mol. The minimum atomic E-state index is -1.28. The lowest BCUT2D eigenvalue weighted by Crippen LogP contribution is -2.53. The van der Waals surface area contributed by atoms with Crippen LogP contribution in [0, 0.1) is 17.8 Å². The molecule has 7 heteroatoms. The minimum Gasteiger partial charge on any atom is -0.323 e. The summed E-state index contributed by atoms with van der Waals surface area (Å²) in [6.45, 7) is 4.47. The number of hydrogen-bond donors (Lipinski definition) is 2. The number of imide groups is 1. The number of likely N-dealkylation sites (tertiary alicyclic amines) is 1. The summed E-state index contributed by atoms with van der Waals surface area (Å²) in [5, 5.41) is 6.75. The number of benzene rings is 2. The molecule has 32 heavy (non-hydrogen) atoms. The standard InChI is InChI=1S/C25H26ClN3O3/c1-14(2)13-18-19-20(23(31)29(22(19)30)12-11-15-7-4-3-5-8-15)25(28-18)16-9-6-10-17(26)21(16)27-24(25)32/h3-10,14,18-20,28H,11-13H2,1-2H3,(H,27,32)/t18-,19-,20+,25-/m1/s1. The van der Waals surface area contributed by atoms with Crippen molar-refractivity contribution in [3.05, 3.63) is 64.7 Å². The number of rotatable bonds is 5. The van der Waals surface area contributed by atoms with Crippen molar-refractivity contribution >= 4 is 35.0 Å². The highest BCUT2D eigenvalue weighted by molar-refractivity contribution is 6.35. The largest absolute Gasteiger partial charge is 0.323 e. The van der Waals surface area contributed by atoms with Gasteiger partial charge in [-0.05, 0) is 30.4 Å². The van der Waals surface area contributed by atoms with Crippen LogP contribution in [-0.2, 0) is 26.3 Å². The smallest absolute Gasteiger partial charge is 0.250 e. The molecule has 4 atom stereocenters. The van der Waals surface area contributed by atoms with E-state index in [2.05, 4.69) is 24.5 Å². The number of anilines is 1. The van der Waals surface area contributed by atoms with Gasteiger partial charge in [-0.2, -0.15) is 0 Å². The molecular weight excluding hydrogens is 426 g/mol. The number of carbonyl (C=O) groups excluding carboxylic acids is 3. The summed E-state index contributed by atoms with van der Waals surface area (Å²) in [7, 11) is 0. The summed E-state index contributed by atoms with van der Waals surface area (Å²) in [5.41, 5.74) is 0.965. The topological polar surface area (TPSA) is 78.5 Å². The second-order valence-electron chi connectivity index (χ2n) is 9.37. The Morgan fingerprint density at radius 2 is 1.78 bits per heavy atom. The average Bonchev–Trinajstić information content (AvgIpc) is 3.33.